The van der Waals surface area contributed by atoms with Crippen LogP contribution in [0.2, 0.25) is 0 Å². The molecule has 0 aliphatic rings. The van der Waals surface area contributed by atoms with Crippen LogP contribution >= 0.6 is 0 Å². The Morgan fingerprint density at radius 1 is 1.53 bits per heavy atom. The summed E-state index contributed by atoms with van der Waals surface area (Å²) >= 11 is 0. The Labute approximate surface area is 98.9 Å². The zero-order valence-electron chi connectivity index (χ0n) is 9.59. The fraction of sp³-hybridized carbons (Fsp3) is 0.455. The normalized spacial score (nSPS) is 12.1. The highest BCUT2D eigenvalue weighted by atomic mass is 16.4. The molecule has 0 aliphatic carbocycles. The SMILES string of the molecule is CCCn1cccc1C(=O)NC(CO)C(=O)O. The van der Waals surface area contributed by atoms with Crippen LogP contribution < -0.4 is 5.32 Å². The molecule has 0 bridgehead atoms. The van der Waals surface area contributed by atoms with Gasteiger partial charge in [0.05, 0.1) is 6.61 Å². The molecule has 1 aromatic heterocycles. The lowest BCUT2D eigenvalue weighted by atomic mass is 10.3. The van der Waals surface area contributed by atoms with Gasteiger partial charge >= 0.3 is 5.97 Å². The molecule has 0 saturated carbocycles. The number of nitrogens with zero attached hydrogens (tertiary/aromatic N) is 1. The molecule has 17 heavy (non-hydrogen) atoms. The fourth-order valence-corrected chi connectivity index (χ4v) is 1.47. The zero-order valence-corrected chi connectivity index (χ0v) is 9.59. The Balaban J connectivity index is 2.75. The van der Waals surface area contributed by atoms with Crippen LogP contribution in [0.25, 0.3) is 0 Å². The van der Waals surface area contributed by atoms with Crippen molar-refractivity contribution in [3.05, 3.63) is 24.0 Å². The predicted octanol–water partition coefficient (Wildman–Crippen LogP) is 0.0734. The lowest BCUT2D eigenvalue weighted by Gasteiger charge is -2.13. The topological polar surface area (TPSA) is 91.6 Å². The van der Waals surface area contributed by atoms with E-state index in [1.54, 1.807) is 22.9 Å². The van der Waals surface area contributed by atoms with E-state index in [-0.39, 0.29) is 0 Å². The van der Waals surface area contributed by atoms with Crippen molar-refractivity contribution in [3.63, 3.8) is 0 Å². The number of aryl methyl sites for hydroxylation is 1. The van der Waals surface area contributed by atoms with Crippen molar-refractivity contribution in [3.8, 4) is 0 Å². The predicted molar refractivity (Wildman–Crippen MR) is 60.7 cm³/mol. The lowest BCUT2D eigenvalue weighted by molar-refractivity contribution is -0.140. The molecule has 94 valence electrons. The van der Waals surface area contributed by atoms with Crippen molar-refractivity contribution in [1.29, 1.82) is 0 Å². The van der Waals surface area contributed by atoms with Gasteiger partial charge in [0.15, 0.2) is 6.04 Å². The van der Waals surface area contributed by atoms with Crippen molar-refractivity contribution >= 4 is 11.9 Å². The number of hydrogen-bond acceptors (Lipinski definition) is 3. The first-order valence-electron chi connectivity index (χ1n) is 5.39. The molecule has 0 aromatic carbocycles. The van der Waals surface area contributed by atoms with E-state index in [1.807, 2.05) is 6.92 Å². The third-order valence-electron chi connectivity index (χ3n) is 2.31. The first-order chi connectivity index (χ1) is 8.10. The van der Waals surface area contributed by atoms with Gasteiger partial charge in [0.25, 0.3) is 5.91 Å². The summed E-state index contributed by atoms with van der Waals surface area (Å²) in [6.45, 7) is 2.04. The number of amides is 1. The van der Waals surface area contributed by atoms with Gasteiger partial charge in [0.1, 0.15) is 5.69 Å². The Hall–Kier alpha value is -1.82. The van der Waals surface area contributed by atoms with Gasteiger partial charge in [0.2, 0.25) is 0 Å². The second kappa shape index (κ2) is 6.05. The molecular weight excluding hydrogens is 224 g/mol. The maximum atomic E-state index is 11.8. The number of aromatic nitrogens is 1. The molecule has 6 nitrogen and oxygen atoms in total. The summed E-state index contributed by atoms with van der Waals surface area (Å²) in [6, 6.07) is 2.06. The maximum Gasteiger partial charge on any atom is 0.328 e. The molecule has 1 heterocycles. The number of hydrogen-bond donors (Lipinski definition) is 3. The van der Waals surface area contributed by atoms with Gasteiger partial charge in [-0.15, -0.1) is 0 Å². The average molecular weight is 240 g/mol. The highest BCUT2D eigenvalue weighted by molar-refractivity contribution is 5.95. The van der Waals surface area contributed by atoms with Crippen molar-refractivity contribution in [2.24, 2.45) is 0 Å². The average Bonchev–Trinajstić information content (AvgIpc) is 2.74. The molecule has 1 unspecified atom stereocenters. The van der Waals surface area contributed by atoms with Crippen LogP contribution in [0.5, 0.6) is 0 Å². The first-order valence-corrected chi connectivity index (χ1v) is 5.39. The van der Waals surface area contributed by atoms with E-state index in [0.29, 0.717) is 12.2 Å². The number of aliphatic carboxylic acids is 1. The van der Waals surface area contributed by atoms with Crippen LogP contribution in [-0.2, 0) is 11.3 Å². The van der Waals surface area contributed by atoms with Gasteiger partial charge in [-0.05, 0) is 18.6 Å². The second-order valence-electron chi connectivity index (χ2n) is 3.63. The van der Waals surface area contributed by atoms with Gasteiger partial charge in [-0.3, -0.25) is 4.79 Å². The van der Waals surface area contributed by atoms with E-state index in [2.05, 4.69) is 5.32 Å². The highest BCUT2D eigenvalue weighted by Crippen LogP contribution is 2.04. The Bertz CT molecular complexity index is 400. The summed E-state index contributed by atoms with van der Waals surface area (Å²) < 4.78 is 1.74. The van der Waals surface area contributed by atoms with Crippen molar-refractivity contribution in [2.45, 2.75) is 25.9 Å². The number of carbonyl (C=O) groups excluding carboxylic acids is 1. The van der Waals surface area contributed by atoms with E-state index in [9.17, 15) is 9.59 Å². The number of aliphatic hydroxyl groups excluding tert-OH is 1. The Morgan fingerprint density at radius 3 is 2.76 bits per heavy atom. The molecular formula is C11H16N2O4. The standard InChI is InChI=1S/C11H16N2O4/c1-2-5-13-6-3-4-9(13)10(15)12-8(7-14)11(16)17/h3-4,6,8,14H,2,5,7H2,1H3,(H,12,15)(H,16,17). The molecule has 1 atom stereocenters. The van der Waals surface area contributed by atoms with Gasteiger partial charge in [-0.1, -0.05) is 6.92 Å². The minimum Gasteiger partial charge on any atom is -0.480 e. The van der Waals surface area contributed by atoms with Crippen molar-refractivity contribution < 1.29 is 19.8 Å². The van der Waals surface area contributed by atoms with Crippen LogP contribution in [0.15, 0.2) is 18.3 Å². The minimum absolute atomic E-state index is 0.395. The fourth-order valence-electron chi connectivity index (χ4n) is 1.47. The van der Waals surface area contributed by atoms with E-state index in [0.717, 1.165) is 6.42 Å². The third kappa shape index (κ3) is 3.32. The zero-order chi connectivity index (χ0) is 12.8. The molecule has 0 aliphatic heterocycles. The summed E-state index contributed by atoms with van der Waals surface area (Å²) in [5.41, 5.74) is 0.395. The van der Waals surface area contributed by atoms with E-state index < -0.39 is 24.5 Å². The summed E-state index contributed by atoms with van der Waals surface area (Å²) in [7, 11) is 0. The molecule has 6 heteroatoms. The third-order valence-corrected chi connectivity index (χ3v) is 2.31. The molecule has 3 N–H and O–H groups in total. The quantitative estimate of drug-likeness (QED) is 0.656. The van der Waals surface area contributed by atoms with Crippen LogP contribution in [0.3, 0.4) is 0 Å². The summed E-state index contributed by atoms with van der Waals surface area (Å²) in [6.07, 6.45) is 2.63. The molecule has 0 spiro atoms. The highest BCUT2D eigenvalue weighted by Gasteiger charge is 2.20. The van der Waals surface area contributed by atoms with Gasteiger partial charge in [-0.2, -0.15) is 0 Å². The largest absolute Gasteiger partial charge is 0.480 e. The van der Waals surface area contributed by atoms with Crippen LogP contribution in [0, 0.1) is 0 Å². The Kier molecular flexibility index (Phi) is 4.71. The number of carbonyl (C=O) groups is 2. The number of aliphatic hydroxyl groups is 1. The second-order valence-corrected chi connectivity index (χ2v) is 3.63. The van der Waals surface area contributed by atoms with Gasteiger partial charge in [-0.25, -0.2) is 4.79 Å². The lowest BCUT2D eigenvalue weighted by Crippen LogP contribution is -2.43. The molecule has 1 rings (SSSR count). The van der Waals surface area contributed by atoms with Gasteiger partial charge < -0.3 is 20.1 Å². The van der Waals surface area contributed by atoms with E-state index >= 15 is 0 Å². The van der Waals surface area contributed by atoms with Crippen LogP contribution in [-0.4, -0.2) is 39.3 Å². The first kappa shape index (κ1) is 13.2. The van der Waals surface area contributed by atoms with Crippen LogP contribution in [0.4, 0.5) is 0 Å². The van der Waals surface area contributed by atoms with Crippen LogP contribution in [0.1, 0.15) is 23.8 Å². The Morgan fingerprint density at radius 2 is 2.24 bits per heavy atom. The molecule has 0 radical (unpaired) electrons. The monoisotopic (exact) mass is 240 g/mol. The van der Waals surface area contributed by atoms with E-state index in [1.165, 1.54) is 0 Å². The summed E-state index contributed by atoms with van der Waals surface area (Å²) in [4.78, 5) is 22.4. The number of carboxylic acids is 1. The minimum atomic E-state index is -1.27. The summed E-state index contributed by atoms with van der Waals surface area (Å²) in [5, 5.41) is 19.8. The molecule has 1 amide bonds. The van der Waals surface area contributed by atoms with E-state index in [4.69, 9.17) is 10.2 Å². The van der Waals surface area contributed by atoms with Gasteiger partial charge in [0, 0.05) is 12.7 Å². The van der Waals surface area contributed by atoms with Crippen molar-refractivity contribution in [2.75, 3.05) is 6.61 Å². The maximum absolute atomic E-state index is 11.8. The smallest absolute Gasteiger partial charge is 0.328 e. The molecule has 0 fully saturated rings. The molecule has 0 saturated heterocycles. The number of rotatable bonds is 6. The number of nitrogens with one attached hydrogen (secondary N) is 1. The van der Waals surface area contributed by atoms with Crippen molar-refractivity contribution in [1.82, 2.24) is 9.88 Å². The summed E-state index contributed by atoms with van der Waals surface area (Å²) in [5.74, 6) is -1.75. The number of carboxylic acid groups (broad SMARTS) is 1. The molecule has 1 aromatic rings.